The third-order valence-corrected chi connectivity index (χ3v) is 3.45. The van der Waals surface area contributed by atoms with Crippen LogP contribution in [0.4, 0.5) is 4.79 Å². The Morgan fingerprint density at radius 3 is 2.82 bits per heavy atom. The first-order valence-corrected chi connectivity index (χ1v) is 6.38. The van der Waals surface area contributed by atoms with Crippen molar-refractivity contribution in [2.75, 3.05) is 5.75 Å². The van der Waals surface area contributed by atoms with Crippen LogP contribution >= 0.6 is 11.8 Å². The lowest BCUT2D eigenvalue weighted by atomic mass is 10.2. The van der Waals surface area contributed by atoms with E-state index in [1.807, 2.05) is 30.3 Å². The van der Waals surface area contributed by atoms with Gasteiger partial charge in [0.2, 0.25) is 5.12 Å². The Balaban J connectivity index is 1.76. The summed E-state index contributed by atoms with van der Waals surface area (Å²) in [5.41, 5.74) is 0.926. The van der Waals surface area contributed by atoms with E-state index >= 15 is 0 Å². The molecule has 0 spiro atoms. The molecule has 1 fully saturated rings. The molecule has 1 N–H and O–H groups in total. The van der Waals surface area contributed by atoms with Crippen LogP contribution in [0.3, 0.4) is 0 Å². The van der Waals surface area contributed by atoms with Crippen molar-refractivity contribution in [1.82, 2.24) is 5.32 Å². The predicted molar refractivity (Wildman–Crippen MR) is 65.6 cm³/mol. The number of thioether (sulfide) groups is 1. The molecule has 1 aliphatic rings. The second-order valence-electron chi connectivity index (χ2n) is 3.71. The average molecular weight is 251 g/mol. The van der Waals surface area contributed by atoms with E-state index in [-0.39, 0.29) is 17.8 Å². The quantitative estimate of drug-likeness (QED) is 0.892. The van der Waals surface area contributed by atoms with Gasteiger partial charge in [0.1, 0.15) is 12.6 Å². The van der Waals surface area contributed by atoms with Gasteiger partial charge in [0.05, 0.1) is 0 Å². The van der Waals surface area contributed by atoms with Gasteiger partial charge in [0.25, 0.3) is 0 Å². The van der Waals surface area contributed by atoms with Crippen LogP contribution in [0, 0.1) is 0 Å². The number of hydrogen-bond acceptors (Lipinski definition) is 4. The zero-order valence-corrected chi connectivity index (χ0v) is 10.0. The number of ether oxygens (including phenoxy) is 1. The Morgan fingerprint density at radius 1 is 1.41 bits per heavy atom. The second-order valence-corrected chi connectivity index (χ2v) is 4.81. The van der Waals surface area contributed by atoms with Gasteiger partial charge in [0.15, 0.2) is 0 Å². The third kappa shape index (κ3) is 3.49. The fourth-order valence-corrected chi connectivity index (χ4v) is 2.47. The summed E-state index contributed by atoms with van der Waals surface area (Å²) in [6.07, 6.45) is 0.152. The van der Waals surface area contributed by atoms with Gasteiger partial charge < -0.3 is 10.1 Å². The van der Waals surface area contributed by atoms with E-state index in [2.05, 4.69) is 5.32 Å². The summed E-state index contributed by atoms with van der Waals surface area (Å²) in [6.45, 7) is 0.223. The number of amides is 1. The van der Waals surface area contributed by atoms with Crippen LogP contribution in [0.25, 0.3) is 0 Å². The lowest BCUT2D eigenvalue weighted by Gasteiger charge is -2.10. The normalized spacial score (nSPS) is 19.1. The maximum absolute atomic E-state index is 11.4. The first-order chi connectivity index (χ1) is 8.25. The van der Waals surface area contributed by atoms with Crippen LogP contribution in [-0.4, -0.2) is 23.0 Å². The van der Waals surface area contributed by atoms with Crippen molar-refractivity contribution in [3.8, 4) is 0 Å². The molecular weight excluding hydrogens is 238 g/mol. The van der Waals surface area contributed by atoms with E-state index in [0.29, 0.717) is 6.42 Å². The van der Waals surface area contributed by atoms with E-state index in [1.54, 1.807) is 0 Å². The molecule has 1 saturated heterocycles. The Kier molecular flexibility index (Phi) is 4.03. The van der Waals surface area contributed by atoms with Crippen LogP contribution in [-0.2, 0) is 16.1 Å². The molecule has 1 aliphatic heterocycles. The van der Waals surface area contributed by atoms with Gasteiger partial charge in [0, 0.05) is 5.75 Å². The van der Waals surface area contributed by atoms with E-state index < -0.39 is 6.09 Å². The van der Waals surface area contributed by atoms with E-state index in [4.69, 9.17) is 4.74 Å². The molecule has 1 aromatic carbocycles. The highest BCUT2D eigenvalue weighted by atomic mass is 32.2. The summed E-state index contributed by atoms with van der Waals surface area (Å²) >= 11 is 1.25. The molecule has 5 heteroatoms. The van der Waals surface area contributed by atoms with Gasteiger partial charge in [-0.05, 0) is 12.0 Å². The van der Waals surface area contributed by atoms with Crippen LogP contribution in [0.15, 0.2) is 30.3 Å². The van der Waals surface area contributed by atoms with Gasteiger partial charge in [-0.1, -0.05) is 42.1 Å². The van der Waals surface area contributed by atoms with Crippen molar-refractivity contribution >= 4 is 23.0 Å². The van der Waals surface area contributed by atoms with Crippen LogP contribution in [0.1, 0.15) is 12.0 Å². The standard InChI is InChI=1S/C12H13NO3S/c14-11-10(6-7-17-11)13-12(15)16-8-9-4-2-1-3-5-9/h1-5,10H,6-8H2,(H,13,15). The van der Waals surface area contributed by atoms with Gasteiger partial charge in [-0.3, -0.25) is 4.79 Å². The number of carbonyl (C=O) groups excluding carboxylic acids is 2. The highest BCUT2D eigenvalue weighted by Crippen LogP contribution is 2.19. The van der Waals surface area contributed by atoms with Gasteiger partial charge in [-0.25, -0.2) is 4.79 Å². The number of rotatable bonds is 3. The maximum atomic E-state index is 11.4. The minimum absolute atomic E-state index is 0.0154. The Hall–Kier alpha value is -1.49. The molecule has 1 aromatic rings. The summed E-state index contributed by atoms with van der Waals surface area (Å²) in [7, 11) is 0. The van der Waals surface area contributed by atoms with Gasteiger partial charge in [-0.2, -0.15) is 0 Å². The van der Waals surface area contributed by atoms with Crippen molar-refractivity contribution in [3.05, 3.63) is 35.9 Å². The predicted octanol–water partition coefficient (Wildman–Crippen LogP) is 1.94. The lowest BCUT2D eigenvalue weighted by Crippen LogP contribution is -2.37. The first-order valence-electron chi connectivity index (χ1n) is 5.39. The fourth-order valence-electron chi connectivity index (χ4n) is 1.53. The van der Waals surface area contributed by atoms with Crippen molar-refractivity contribution in [2.24, 2.45) is 0 Å². The van der Waals surface area contributed by atoms with Crippen molar-refractivity contribution in [1.29, 1.82) is 0 Å². The topological polar surface area (TPSA) is 55.4 Å². The van der Waals surface area contributed by atoms with Crippen molar-refractivity contribution in [3.63, 3.8) is 0 Å². The van der Waals surface area contributed by atoms with Crippen LogP contribution in [0.2, 0.25) is 0 Å². The first kappa shape index (κ1) is 12.0. The van der Waals surface area contributed by atoms with Gasteiger partial charge >= 0.3 is 6.09 Å². The molecule has 0 aromatic heterocycles. The second kappa shape index (κ2) is 5.72. The number of alkyl carbamates (subject to hydrolysis) is 1. The molecule has 4 nitrogen and oxygen atoms in total. The number of benzene rings is 1. The monoisotopic (exact) mass is 251 g/mol. The van der Waals surface area contributed by atoms with E-state index in [1.165, 1.54) is 11.8 Å². The summed E-state index contributed by atoms with van der Waals surface area (Å²) < 4.78 is 5.03. The van der Waals surface area contributed by atoms with E-state index in [9.17, 15) is 9.59 Å². The molecular formula is C12H13NO3S. The highest BCUT2D eigenvalue weighted by Gasteiger charge is 2.27. The number of carbonyl (C=O) groups is 2. The molecule has 0 aliphatic carbocycles. The van der Waals surface area contributed by atoms with Crippen LogP contribution in [0.5, 0.6) is 0 Å². The molecule has 2 rings (SSSR count). The zero-order valence-electron chi connectivity index (χ0n) is 9.22. The third-order valence-electron chi connectivity index (χ3n) is 2.44. The molecule has 0 saturated carbocycles. The minimum Gasteiger partial charge on any atom is -0.445 e. The number of hydrogen-bond donors (Lipinski definition) is 1. The SMILES string of the molecule is O=C(NC1CCSC1=O)OCc1ccccc1. The molecule has 1 heterocycles. The molecule has 1 unspecified atom stereocenters. The Labute approximate surface area is 104 Å². The summed E-state index contributed by atoms with van der Waals surface area (Å²) in [4.78, 5) is 22.7. The van der Waals surface area contributed by atoms with Crippen molar-refractivity contribution in [2.45, 2.75) is 19.1 Å². The van der Waals surface area contributed by atoms with E-state index in [0.717, 1.165) is 11.3 Å². The summed E-state index contributed by atoms with van der Waals surface area (Å²) in [6, 6.07) is 9.04. The van der Waals surface area contributed by atoms with Gasteiger partial charge in [-0.15, -0.1) is 0 Å². The lowest BCUT2D eigenvalue weighted by molar-refractivity contribution is -0.112. The molecule has 0 radical (unpaired) electrons. The number of nitrogens with one attached hydrogen (secondary N) is 1. The molecule has 90 valence electrons. The Bertz CT molecular complexity index is 407. The highest BCUT2D eigenvalue weighted by molar-refractivity contribution is 8.14. The smallest absolute Gasteiger partial charge is 0.408 e. The molecule has 1 atom stereocenters. The Morgan fingerprint density at radius 2 is 2.18 bits per heavy atom. The molecule has 0 bridgehead atoms. The molecule has 17 heavy (non-hydrogen) atoms. The maximum Gasteiger partial charge on any atom is 0.408 e. The van der Waals surface area contributed by atoms with Crippen LogP contribution < -0.4 is 5.32 Å². The summed E-state index contributed by atoms with van der Waals surface area (Å²) in [5.74, 6) is 0.766. The largest absolute Gasteiger partial charge is 0.445 e. The minimum atomic E-state index is -0.533. The van der Waals surface area contributed by atoms with Crippen molar-refractivity contribution < 1.29 is 14.3 Å². The zero-order chi connectivity index (χ0) is 12.1. The average Bonchev–Trinajstić information content (AvgIpc) is 2.74. The summed E-state index contributed by atoms with van der Waals surface area (Å²) in [5, 5.41) is 2.58. The fraction of sp³-hybridized carbons (Fsp3) is 0.333. The molecule has 1 amide bonds.